The molecule has 0 saturated heterocycles. The number of carbonyl (C=O) groups excluding carboxylic acids is 2. The van der Waals surface area contributed by atoms with Crippen LogP contribution in [0.5, 0.6) is 5.75 Å². The Morgan fingerprint density at radius 2 is 2.10 bits per heavy atom. The minimum Gasteiger partial charge on any atom is -0.535 e. The second-order valence-electron chi connectivity index (χ2n) is 7.39. The number of ketones is 1. The number of allylic oxidation sites excluding steroid dienone is 1. The Labute approximate surface area is 172 Å². The highest BCUT2D eigenvalue weighted by Crippen LogP contribution is 2.37. The number of fused-ring (bicyclic) bond motifs is 1. The van der Waals surface area contributed by atoms with Crippen LogP contribution in [-0.2, 0) is 25.4 Å². The summed E-state index contributed by atoms with van der Waals surface area (Å²) in [6.07, 6.45) is -0.962. The van der Waals surface area contributed by atoms with E-state index in [1.165, 1.54) is 6.07 Å². The summed E-state index contributed by atoms with van der Waals surface area (Å²) in [6.45, 7) is 5.64. The number of halogens is 2. The van der Waals surface area contributed by atoms with Gasteiger partial charge in [0.05, 0.1) is 6.42 Å². The molecule has 0 saturated carbocycles. The minimum atomic E-state index is -3.11. The number of alkyl halides is 2. The molecule has 1 aromatic carbocycles. The van der Waals surface area contributed by atoms with Crippen molar-refractivity contribution in [2.75, 3.05) is 6.61 Å². The van der Waals surface area contributed by atoms with Crippen molar-refractivity contribution in [2.24, 2.45) is 0 Å². The Balaban J connectivity index is 1.68. The third kappa shape index (κ3) is 5.18. The van der Waals surface area contributed by atoms with Crippen molar-refractivity contribution in [1.29, 1.82) is 0 Å². The standard InChI is InChI=1S/C20H21BF2O7/c1-11-17(29-12(2)28-11)10-27-19(25)16-6-4-5-13-7-14(21(26)30-18(13)16)8-15(24)9-20(3,22)23/h4-6,14,26H,2,7-10H2,1,3H3/t14-/m1/s1. The molecule has 0 unspecified atom stereocenters. The SMILES string of the molecule is C=C1OC(C)=C(COC(=O)c2cccc3c2OB(O)[C@@H](CC(=O)CC(C)(F)F)C3)O1. The summed E-state index contributed by atoms with van der Waals surface area (Å²) in [6, 6.07) is 4.76. The van der Waals surface area contributed by atoms with Gasteiger partial charge in [0.25, 0.3) is 11.9 Å². The van der Waals surface area contributed by atoms with Gasteiger partial charge in [-0.15, -0.1) is 0 Å². The van der Waals surface area contributed by atoms with Gasteiger partial charge in [0.2, 0.25) is 0 Å². The Morgan fingerprint density at radius 1 is 1.37 bits per heavy atom. The zero-order valence-electron chi connectivity index (χ0n) is 16.6. The average molecular weight is 422 g/mol. The third-order valence-corrected chi connectivity index (χ3v) is 4.67. The van der Waals surface area contributed by atoms with E-state index >= 15 is 0 Å². The number of para-hydroxylation sites is 1. The molecule has 1 atom stereocenters. The first kappa shape index (κ1) is 21.8. The van der Waals surface area contributed by atoms with E-state index in [9.17, 15) is 23.4 Å². The van der Waals surface area contributed by atoms with E-state index in [0.29, 0.717) is 24.0 Å². The first-order valence-electron chi connectivity index (χ1n) is 9.31. The number of benzene rings is 1. The first-order chi connectivity index (χ1) is 14.0. The molecule has 3 rings (SSSR count). The molecule has 2 aliphatic rings. The van der Waals surface area contributed by atoms with Gasteiger partial charge in [-0.2, -0.15) is 0 Å². The third-order valence-electron chi connectivity index (χ3n) is 4.67. The molecule has 0 aliphatic carbocycles. The van der Waals surface area contributed by atoms with E-state index in [1.54, 1.807) is 19.1 Å². The summed E-state index contributed by atoms with van der Waals surface area (Å²) in [4.78, 5) is 24.4. The fourth-order valence-corrected chi connectivity index (χ4v) is 3.33. The molecular weight excluding hydrogens is 401 g/mol. The number of carbonyl (C=O) groups is 2. The van der Waals surface area contributed by atoms with E-state index in [1.807, 2.05) is 0 Å². The maximum Gasteiger partial charge on any atom is 0.526 e. The lowest BCUT2D eigenvalue weighted by atomic mass is 9.64. The molecule has 2 heterocycles. The zero-order valence-corrected chi connectivity index (χ0v) is 16.6. The van der Waals surface area contributed by atoms with Crippen LogP contribution in [0.15, 0.2) is 42.2 Å². The molecule has 7 nitrogen and oxygen atoms in total. The first-order valence-corrected chi connectivity index (χ1v) is 9.31. The summed E-state index contributed by atoms with van der Waals surface area (Å²) < 4.78 is 47.1. The van der Waals surface area contributed by atoms with Crippen molar-refractivity contribution >= 4 is 18.9 Å². The second kappa shape index (κ2) is 8.47. The zero-order chi connectivity index (χ0) is 22.1. The smallest absolute Gasteiger partial charge is 0.526 e. The number of esters is 1. The molecule has 0 spiro atoms. The predicted octanol–water partition coefficient (Wildman–Crippen LogP) is 3.38. The van der Waals surface area contributed by atoms with Crippen LogP contribution in [0.2, 0.25) is 5.82 Å². The van der Waals surface area contributed by atoms with Crippen LogP contribution in [-0.4, -0.2) is 36.4 Å². The second-order valence-corrected chi connectivity index (χ2v) is 7.39. The number of Topliss-reactive ketones (excluding diaryl/α,β-unsaturated/α-hetero) is 1. The highest BCUT2D eigenvalue weighted by atomic mass is 19.3. The molecule has 2 aliphatic heterocycles. The summed E-state index contributed by atoms with van der Waals surface area (Å²) in [5, 5.41) is 10.3. The predicted molar refractivity (Wildman–Crippen MR) is 102 cm³/mol. The molecule has 0 fully saturated rings. The molecule has 0 amide bonds. The van der Waals surface area contributed by atoms with Crippen LogP contribution >= 0.6 is 0 Å². The highest BCUT2D eigenvalue weighted by Gasteiger charge is 2.39. The molecule has 1 aromatic rings. The number of rotatable bonds is 7. The van der Waals surface area contributed by atoms with Crippen molar-refractivity contribution in [3.63, 3.8) is 0 Å². The van der Waals surface area contributed by atoms with Gasteiger partial charge in [-0.1, -0.05) is 12.1 Å². The number of hydrogen-bond donors (Lipinski definition) is 1. The molecule has 30 heavy (non-hydrogen) atoms. The topological polar surface area (TPSA) is 91.3 Å². The minimum absolute atomic E-state index is 0.0866. The van der Waals surface area contributed by atoms with Gasteiger partial charge in [0, 0.05) is 12.2 Å². The monoisotopic (exact) mass is 422 g/mol. The maximum absolute atomic E-state index is 13.0. The van der Waals surface area contributed by atoms with Gasteiger partial charge < -0.3 is 23.9 Å². The van der Waals surface area contributed by atoms with Crippen LogP contribution in [0.25, 0.3) is 0 Å². The molecule has 1 N–H and O–H groups in total. The molecule has 160 valence electrons. The van der Waals surface area contributed by atoms with Crippen LogP contribution in [0.3, 0.4) is 0 Å². The van der Waals surface area contributed by atoms with E-state index in [-0.39, 0.29) is 36.7 Å². The molecule has 0 aromatic heterocycles. The summed E-state index contributed by atoms with van der Waals surface area (Å²) in [5.41, 5.74) is 0.660. The summed E-state index contributed by atoms with van der Waals surface area (Å²) in [7, 11) is -1.42. The molecular formula is C20H21BF2O7. The maximum atomic E-state index is 13.0. The van der Waals surface area contributed by atoms with Crippen molar-refractivity contribution in [1.82, 2.24) is 0 Å². The summed E-state index contributed by atoms with van der Waals surface area (Å²) in [5.74, 6) is -4.21. The van der Waals surface area contributed by atoms with Crippen molar-refractivity contribution < 1.29 is 42.3 Å². The molecule has 10 heteroatoms. The van der Waals surface area contributed by atoms with E-state index < -0.39 is 37.0 Å². The normalized spacial score (nSPS) is 18.4. The lowest BCUT2D eigenvalue weighted by Gasteiger charge is -2.28. The van der Waals surface area contributed by atoms with Gasteiger partial charge in [-0.25, -0.2) is 13.6 Å². The van der Waals surface area contributed by atoms with Gasteiger partial charge in [0.15, 0.2) is 12.4 Å². The largest absolute Gasteiger partial charge is 0.535 e. The summed E-state index contributed by atoms with van der Waals surface area (Å²) >= 11 is 0. The van der Waals surface area contributed by atoms with Gasteiger partial charge in [-0.3, -0.25) is 4.79 Å². The van der Waals surface area contributed by atoms with E-state index in [4.69, 9.17) is 18.9 Å². The number of ether oxygens (including phenoxy) is 3. The Bertz CT molecular complexity index is 907. The van der Waals surface area contributed by atoms with E-state index in [0.717, 1.165) is 0 Å². The average Bonchev–Trinajstić information content (AvgIpc) is 2.95. The lowest BCUT2D eigenvalue weighted by molar-refractivity contribution is -0.125. The fourth-order valence-electron chi connectivity index (χ4n) is 3.33. The lowest BCUT2D eigenvalue weighted by Crippen LogP contribution is -2.36. The highest BCUT2D eigenvalue weighted by molar-refractivity contribution is 6.47. The van der Waals surface area contributed by atoms with Crippen molar-refractivity contribution in [3.05, 3.63) is 53.4 Å². The Hall–Kier alpha value is -2.88. The Morgan fingerprint density at radius 3 is 2.73 bits per heavy atom. The van der Waals surface area contributed by atoms with Gasteiger partial charge >= 0.3 is 13.1 Å². The van der Waals surface area contributed by atoms with E-state index in [2.05, 4.69) is 6.58 Å². The van der Waals surface area contributed by atoms with Gasteiger partial charge in [-0.05, 0) is 38.5 Å². The molecule has 0 radical (unpaired) electrons. The molecule has 0 bridgehead atoms. The van der Waals surface area contributed by atoms with Crippen LogP contribution in [0, 0.1) is 0 Å². The number of hydrogen-bond acceptors (Lipinski definition) is 7. The van der Waals surface area contributed by atoms with Crippen LogP contribution in [0.1, 0.15) is 42.6 Å². The quantitative estimate of drug-likeness (QED) is 0.532. The van der Waals surface area contributed by atoms with Crippen molar-refractivity contribution in [2.45, 2.75) is 44.8 Å². The van der Waals surface area contributed by atoms with Crippen LogP contribution in [0.4, 0.5) is 8.78 Å². The fraction of sp³-hybridized carbons (Fsp3) is 0.400. The van der Waals surface area contributed by atoms with Crippen LogP contribution < -0.4 is 4.65 Å². The Kier molecular flexibility index (Phi) is 6.16. The van der Waals surface area contributed by atoms with Crippen molar-refractivity contribution in [3.8, 4) is 5.75 Å². The van der Waals surface area contributed by atoms with Gasteiger partial charge in [0.1, 0.15) is 22.9 Å².